The molecule has 10 heteroatoms. The Bertz CT molecular complexity index is 768. The van der Waals surface area contributed by atoms with Gasteiger partial charge in [-0.1, -0.05) is 16.4 Å². The van der Waals surface area contributed by atoms with Gasteiger partial charge in [0.25, 0.3) is 0 Å². The van der Waals surface area contributed by atoms with Crippen LogP contribution < -0.4 is 5.73 Å². The molecule has 1 heterocycles. The minimum atomic E-state index is -4.74. The van der Waals surface area contributed by atoms with Crippen LogP contribution in [0.25, 0.3) is 11.4 Å². The molecule has 0 bridgehead atoms. The summed E-state index contributed by atoms with van der Waals surface area (Å²) < 4.78 is 41.7. The summed E-state index contributed by atoms with van der Waals surface area (Å²) in [5.74, 6) is -2.46. The van der Waals surface area contributed by atoms with Crippen LogP contribution in [0.4, 0.5) is 13.2 Å². The number of hydrogen-bond acceptors (Lipinski definition) is 6. The Hall–Kier alpha value is -2.91. The predicted octanol–water partition coefficient (Wildman–Crippen LogP) is 2.22. The van der Waals surface area contributed by atoms with Crippen molar-refractivity contribution in [1.82, 2.24) is 10.1 Å². The van der Waals surface area contributed by atoms with Crippen LogP contribution in [0.3, 0.4) is 0 Å². The Kier molecular flexibility index (Phi) is 4.34. The normalized spacial score (nSPS) is 12.3. The van der Waals surface area contributed by atoms with Gasteiger partial charge in [0.2, 0.25) is 11.7 Å². The van der Waals surface area contributed by atoms with Gasteiger partial charge in [0, 0.05) is 16.7 Å². The first kappa shape index (κ1) is 16.5. The number of amides is 1. The van der Waals surface area contributed by atoms with Crippen LogP contribution in [0.1, 0.15) is 28.7 Å². The van der Waals surface area contributed by atoms with E-state index in [1.165, 1.54) is 25.3 Å². The number of oxime groups is 1. The standard InChI is InChI=1S/C13H11F3N4O3/c1-6(19-22-2)9-5-7(3-4-8(9)10(17)21)11-18-12(23-20-11)13(14,15)16/h3-5H,1-2H3,(H2,17,21). The molecule has 2 aromatic rings. The van der Waals surface area contributed by atoms with E-state index in [9.17, 15) is 18.0 Å². The summed E-state index contributed by atoms with van der Waals surface area (Å²) in [5.41, 5.74) is 6.20. The van der Waals surface area contributed by atoms with Gasteiger partial charge in [-0.05, 0) is 19.1 Å². The topological polar surface area (TPSA) is 104 Å². The molecule has 122 valence electrons. The fraction of sp³-hybridized carbons (Fsp3) is 0.231. The van der Waals surface area contributed by atoms with E-state index in [0.29, 0.717) is 5.71 Å². The van der Waals surface area contributed by atoms with Crippen LogP contribution in [0.2, 0.25) is 0 Å². The number of nitrogens with zero attached hydrogens (tertiary/aromatic N) is 3. The number of carbonyl (C=O) groups is 1. The lowest BCUT2D eigenvalue weighted by molar-refractivity contribution is -0.159. The fourth-order valence-electron chi connectivity index (χ4n) is 1.84. The lowest BCUT2D eigenvalue weighted by Crippen LogP contribution is -2.16. The van der Waals surface area contributed by atoms with E-state index < -0.39 is 18.0 Å². The number of hydrogen-bond donors (Lipinski definition) is 1. The van der Waals surface area contributed by atoms with Crippen molar-refractivity contribution >= 4 is 11.6 Å². The number of rotatable bonds is 4. The van der Waals surface area contributed by atoms with E-state index in [2.05, 4.69) is 24.7 Å². The summed E-state index contributed by atoms with van der Waals surface area (Å²) in [4.78, 5) is 19.3. The molecule has 0 saturated heterocycles. The van der Waals surface area contributed by atoms with Gasteiger partial charge in [-0.25, -0.2) is 0 Å². The molecule has 0 saturated carbocycles. The molecular formula is C13H11F3N4O3. The molecule has 0 atom stereocenters. The summed E-state index contributed by atoms with van der Waals surface area (Å²) in [6.45, 7) is 1.55. The summed E-state index contributed by atoms with van der Waals surface area (Å²) in [7, 11) is 1.31. The molecule has 7 nitrogen and oxygen atoms in total. The van der Waals surface area contributed by atoms with Gasteiger partial charge in [-0.3, -0.25) is 4.79 Å². The van der Waals surface area contributed by atoms with Crippen molar-refractivity contribution in [2.24, 2.45) is 10.9 Å². The first-order valence-corrected chi connectivity index (χ1v) is 6.17. The molecular weight excluding hydrogens is 317 g/mol. The van der Waals surface area contributed by atoms with Crippen molar-refractivity contribution in [2.45, 2.75) is 13.1 Å². The van der Waals surface area contributed by atoms with Crippen molar-refractivity contribution in [2.75, 3.05) is 7.11 Å². The molecule has 0 aliphatic carbocycles. The van der Waals surface area contributed by atoms with Gasteiger partial charge >= 0.3 is 12.1 Å². The van der Waals surface area contributed by atoms with E-state index in [1.54, 1.807) is 6.92 Å². The second kappa shape index (κ2) is 6.07. The maximum Gasteiger partial charge on any atom is 0.471 e. The van der Waals surface area contributed by atoms with Crippen molar-refractivity contribution < 1.29 is 27.3 Å². The third-order valence-corrected chi connectivity index (χ3v) is 2.83. The minimum Gasteiger partial charge on any atom is -0.399 e. The third-order valence-electron chi connectivity index (χ3n) is 2.83. The molecule has 1 aromatic heterocycles. The number of aromatic nitrogens is 2. The monoisotopic (exact) mass is 328 g/mol. The van der Waals surface area contributed by atoms with Crippen LogP contribution in [0, 0.1) is 0 Å². The first-order valence-electron chi connectivity index (χ1n) is 6.17. The zero-order valence-electron chi connectivity index (χ0n) is 12.0. The Labute approximate surface area is 127 Å². The van der Waals surface area contributed by atoms with E-state index in [1.807, 2.05) is 0 Å². The number of carbonyl (C=O) groups excluding carboxylic acids is 1. The second-order valence-corrected chi connectivity index (χ2v) is 4.40. The van der Waals surface area contributed by atoms with Gasteiger partial charge in [-0.15, -0.1) is 0 Å². The molecule has 0 aliphatic heterocycles. The average Bonchev–Trinajstić information content (AvgIpc) is 2.96. The molecule has 0 spiro atoms. The smallest absolute Gasteiger partial charge is 0.399 e. The zero-order valence-corrected chi connectivity index (χ0v) is 12.0. The average molecular weight is 328 g/mol. The fourth-order valence-corrected chi connectivity index (χ4v) is 1.84. The van der Waals surface area contributed by atoms with Crippen molar-refractivity contribution in [3.63, 3.8) is 0 Å². The van der Waals surface area contributed by atoms with Gasteiger partial charge in [0.15, 0.2) is 0 Å². The molecule has 0 unspecified atom stereocenters. The molecule has 1 aromatic carbocycles. The second-order valence-electron chi connectivity index (χ2n) is 4.40. The van der Waals surface area contributed by atoms with E-state index in [0.717, 1.165) is 0 Å². The summed E-state index contributed by atoms with van der Waals surface area (Å²) in [6.07, 6.45) is -4.74. The van der Waals surface area contributed by atoms with Gasteiger partial charge in [0.05, 0.1) is 5.71 Å². The number of nitrogens with two attached hydrogens (primary N) is 1. The maximum absolute atomic E-state index is 12.5. The quantitative estimate of drug-likeness (QED) is 0.684. The first-order chi connectivity index (χ1) is 10.7. The number of benzene rings is 1. The van der Waals surface area contributed by atoms with Gasteiger partial charge < -0.3 is 15.1 Å². The third kappa shape index (κ3) is 3.47. The summed E-state index contributed by atoms with van der Waals surface area (Å²) in [6, 6.07) is 4.07. The molecule has 0 radical (unpaired) electrons. The molecule has 0 fully saturated rings. The maximum atomic E-state index is 12.5. The van der Waals surface area contributed by atoms with Crippen LogP contribution in [-0.4, -0.2) is 28.9 Å². The van der Waals surface area contributed by atoms with Crippen LogP contribution in [0.15, 0.2) is 27.9 Å². The zero-order chi connectivity index (χ0) is 17.2. The molecule has 2 rings (SSSR count). The van der Waals surface area contributed by atoms with Crippen molar-refractivity contribution in [3.05, 3.63) is 35.2 Å². The lowest BCUT2D eigenvalue weighted by Gasteiger charge is -2.07. The van der Waals surface area contributed by atoms with Gasteiger partial charge in [-0.2, -0.15) is 18.2 Å². The van der Waals surface area contributed by atoms with Crippen LogP contribution in [-0.2, 0) is 11.0 Å². The predicted molar refractivity (Wildman–Crippen MR) is 72.5 cm³/mol. The number of halogens is 3. The Morgan fingerprint density at radius 1 is 1.35 bits per heavy atom. The van der Waals surface area contributed by atoms with Crippen molar-refractivity contribution in [1.29, 1.82) is 0 Å². The SMILES string of the molecule is CON=C(C)c1cc(-c2noc(C(F)(F)F)n2)ccc1C(N)=O. The largest absolute Gasteiger partial charge is 0.471 e. The molecule has 1 amide bonds. The number of primary amides is 1. The summed E-state index contributed by atoms with van der Waals surface area (Å²) >= 11 is 0. The van der Waals surface area contributed by atoms with Crippen molar-refractivity contribution in [3.8, 4) is 11.4 Å². The van der Waals surface area contributed by atoms with E-state index in [-0.39, 0.29) is 22.5 Å². The Morgan fingerprint density at radius 2 is 2.04 bits per heavy atom. The highest BCUT2D eigenvalue weighted by molar-refractivity contribution is 6.09. The van der Waals surface area contributed by atoms with E-state index in [4.69, 9.17) is 5.73 Å². The Morgan fingerprint density at radius 3 is 2.57 bits per heavy atom. The highest BCUT2D eigenvalue weighted by Gasteiger charge is 2.38. The van der Waals surface area contributed by atoms with Crippen LogP contribution >= 0.6 is 0 Å². The Balaban J connectivity index is 2.53. The minimum absolute atomic E-state index is 0.131. The number of alkyl halides is 3. The molecule has 23 heavy (non-hydrogen) atoms. The lowest BCUT2D eigenvalue weighted by atomic mass is 10.00. The highest BCUT2D eigenvalue weighted by Crippen LogP contribution is 2.30. The summed E-state index contributed by atoms with van der Waals surface area (Å²) in [5, 5.41) is 6.96. The van der Waals surface area contributed by atoms with Gasteiger partial charge in [0.1, 0.15) is 7.11 Å². The molecule has 0 aliphatic rings. The highest BCUT2D eigenvalue weighted by atomic mass is 19.4. The molecule has 2 N–H and O–H groups in total. The van der Waals surface area contributed by atoms with Crippen LogP contribution in [0.5, 0.6) is 0 Å². The van der Waals surface area contributed by atoms with E-state index >= 15 is 0 Å².